The lowest BCUT2D eigenvalue weighted by Gasteiger charge is -2.37. The van der Waals surface area contributed by atoms with Crippen molar-refractivity contribution in [3.8, 4) is 17.1 Å². The summed E-state index contributed by atoms with van der Waals surface area (Å²) < 4.78 is 16.5. The molecular weight excluding hydrogens is 460 g/mol. The zero-order chi connectivity index (χ0) is 23.4. The summed E-state index contributed by atoms with van der Waals surface area (Å²) in [6.07, 6.45) is 0. The fourth-order valence-corrected chi connectivity index (χ4v) is 4.20. The van der Waals surface area contributed by atoms with Crippen LogP contribution in [0, 0.1) is 0 Å². The van der Waals surface area contributed by atoms with Crippen LogP contribution < -0.4 is 10.1 Å². The fourth-order valence-electron chi connectivity index (χ4n) is 3.73. The maximum absolute atomic E-state index is 6.11. The van der Waals surface area contributed by atoms with Gasteiger partial charge in [-0.2, -0.15) is 4.98 Å². The second-order valence-corrected chi connectivity index (χ2v) is 8.28. The Labute approximate surface area is 203 Å². The number of benzene rings is 2. The summed E-state index contributed by atoms with van der Waals surface area (Å²) in [5.41, 5.74) is 3.61. The van der Waals surface area contributed by atoms with E-state index in [1.807, 2.05) is 67.3 Å². The minimum absolute atomic E-state index is 0.262. The molecule has 3 aromatic rings. The van der Waals surface area contributed by atoms with Crippen molar-refractivity contribution in [2.45, 2.75) is 19.9 Å². The molecular formula is C24H25ClN4O3S. The standard InChI is InChI=1S/C24H25ClN4O3S/c1-4-31-19-11-7-17(8-12-19)22-27-23(32-28-22)20-15(2)29(13-14-30-3)24(33)26-21(20)16-5-9-18(25)10-6-16/h5-12,21H,4,13-14H2,1-3H3,(H,26,33). The summed E-state index contributed by atoms with van der Waals surface area (Å²) in [4.78, 5) is 6.71. The lowest BCUT2D eigenvalue weighted by Crippen LogP contribution is -2.47. The summed E-state index contributed by atoms with van der Waals surface area (Å²) in [6.45, 7) is 5.69. The van der Waals surface area contributed by atoms with Gasteiger partial charge in [-0.05, 0) is 68.0 Å². The van der Waals surface area contributed by atoms with Crippen LogP contribution in [0.5, 0.6) is 5.75 Å². The highest BCUT2D eigenvalue weighted by molar-refractivity contribution is 7.80. The van der Waals surface area contributed by atoms with E-state index in [1.54, 1.807) is 7.11 Å². The molecule has 7 nitrogen and oxygen atoms in total. The Bertz CT molecular complexity index is 1150. The molecule has 0 amide bonds. The van der Waals surface area contributed by atoms with Crippen molar-refractivity contribution in [2.75, 3.05) is 26.9 Å². The average molecular weight is 485 g/mol. The minimum atomic E-state index is -0.262. The maximum atomic E-state index is 6.11. The molecule has 1 aliphatic heterocycles. The molecule has 1 atom stereocenters. The first-order valence-corrected chi connectivity index (χ1v) is 11.4. The normalized spacial score (nSPS) is 16.2. The molecule has 0 saturated heterocycles. The van der Waals surface area contributed by atoms with Crippen LogP contribution in [-0.4, -0.2) is 47.0 Å². The topological polar surface area (TPSA) is 72.7 Å². The van der Waals surface area contributed by atoms with Gasteiger partial charge in [0.15, 0.2) is 5.11 Å². The van der Waals surface area contributed by atoms with Crippen LogP contribution in [-0.2, 0) is 4.74 Å². The summed E-state index contributed by atoms with van der Waals surface area (Å²) >= 11 is 11.8. The summed E-state index contributed by atoms with van der Waals surface area (Å²) in [6, 6.07) is 15.0. The van der Waals surface area contributed by atoms with E-state index in [0.717, 1.165) is 28.1 Å². The third kappa shape index (κ3) is 5.03. The van der Waals surface area contributed by atoms with E-state index >= 15 is 0 Å². The first-order valence-electron chi connectivity index (χ1n) is 10.6. The predicted octanol–water partition coefficient (Wildman–Crippen LogP) is 5.10. The first-order chi connectivity index (χ1) is 16.0. The second-order valence-electron chi connectivity index (χ2n) is 7.46. The van der Waals surface area contributed by atoms with Gasteiger partial charge in [0.05, 0.1) is 24.8 Å². The van der Waals surface area contributed by atoms with Gasteiger partial charge in [0.1, 0.15) is 5.75 Å². The van der Waals surface area contributed by atoms with E-state index < -0.39 is 0 Å². The Morgan fingerprint density at radius 1 is 1.15 bits per heavy atom. The first kappa shape index (κ1) is 23.2. The molecule has 33 heavy (non-hydrogen) atoms. The number of nitrogens with zero attached hydrogens (tertiary/aromatic N) is 3. The molecule has 0 aliphatic carbocycles. The molecule has 4 rings (SSSR count). The SMILES string of the molecule is CCOc1ccc(-c2noc(C3=C(C)N(CCOC)C(=S)NC3c3ccc(Cl)cc3)n2)cc1. The molecule has 0 bridgehead atoms. The zero-order valence-electron chi connectivity index (χ0n) is 18.7. The highest BCUT2D eigenvalue weighted by Gasteiger charge is 2.34. The van der Waals surface area contributed by atoms with Gasteiger partial charge in [-0.15, -0.1) is 0 Å². The Morgan fingerprint density at radius 2 is 1.88 bits per heavy atom. The molecule has 2 aromatic carbocycles. The fraction of sp³-hybridized carbons (Fsp3) is 0.292. The number of halogens is 1. The van der Waals surface area contributed by atoms with E-state index in [0.29, 0.717) is 41.6 Å². The van der Waals surface area contributed by atoms with Crippen molar-refractivity contribution in [3.05, 3.63) is 70.7 Å². The van der Waals surface area contributed by atoms with E-state index in [1.165, 1.54) is 0 Å². The molecule has 0 radical (unpaired) electrons. The number of hydrogen-bond acceptors (Lipinski definition) is 6. The van der Waals surface area contributed by atoms with Crippen molar-refractivity contribution in [1.29, 1.82) is 0 Å². The van der Waals surface area contributed by atoms with Gasteiger partial charge in [-0.1, -0.05) is 28.9 Å². The molecule has 1 N–H and O–H groups in total. The predicted molar refractivity (Wildman–Crippen MR) is 132 cm³/mol. The number of rotatable bonds is 8. The number of aromatic nitrogens is 2. The van der Waals surface area contributed by atoms with E-state index in [4.69, 9.17) is 42.8 Å². The highest BCUT2D eigenvalue weighted by Crippen LogP contribution is 2.37. The molecule has 1 aromatic heterocycles. The molecule has 1 unspecified atom stereocenters. The Balaban J connectivity index is 1.74. The van der Waals surface area contributed by atoms with Gasteiger partial charge in [-0.3, -0.25) is 0 Å². The van der Waals surface area contributed by atoms with Gasteiger partial charge >= 0.3 is 0 Å². The number of allylic oxidation sites excluding steroid dienone is 1. The van der Waals surface area contributed by atoms with E-state index in [-0.39, 0.29) is 6.04 Å². The Kier molecular flexibility index (Phi) is 7.27. The second kappa shape index (κ2) is 10.3. The van der Waals surface area contributed by atoms with Crippen molar-refractivity contribution < 1.29 is 14.0 Å². The number of nitrogens with one attached hydrogen (secondary N) is 1. The number of hydrogen-bond donors (Lipinski definition) is 1. The monoisotopic (exact) mass is 484 g/mol. The van der Waals surface area contributed by atoms with Crippen LogP contribution in [0.2, 0.25) is 5.02 Å². The van der Waals surface area contributed by atoms with Crippen LogP contribution >= 0.6 is 23.8 Å². The maximum Gasteiger partial charge on any atom is 0.258 e. The summed E-state index contributed by atoms with van der Waals surface area (Å²) in [5.74, 6) is 1.72. The molecule has 0 spiro atoms. The number of ether oxygens (including phenoxy) is 2. The lowest BCUT2D eigenvalue weighted by molar-refractivity contribution is 0.183. The molecule has 0 fully saturated rings. The molecule has 172 valence electrons. The smallest absolute Gasteiger partial charge is 0.258 e. The van der Waals surface area contributed by atoms with E-state index in [2.05, 4.69) is 10.5 Å². The summed E-state index contributed by atoms with van der Waals surface area (Å²) in [5, 5.41) is 8.93. The molecule has 1 aliphatic rings. The van der Waals surface area contributed by atoms with Gasteiger partial charge in [0, 0.05) is 29.9 Å². The van der Waals surface area contributed by atoms with Gasteiger partial charge in [-0.25, -0.2) is 0 Å². The quantitative estimate of drug-likeness (QED) is 0.443. The lowest BCUT2D eigenvalue weighted by atomic mass is 9.95. The molecule has 9 heteroatoms. The minimum Gasteiger partial charge on any atom is -0.494 e. The average Bonchev–Trinajstić information content (AvgIpc) is 3.29. The number of methoxy groups -OCH3 is 1. The van der Waals surface area contributed by atoms with Crippen LogP contribution in [0.25, 0.3) is 17.0 Å². The Hall–Kier alpha value is -2.94. The largest absolute Gasteiger partial charge is 0.494 e. The van der Waals surface area contributed by atoms with Crippen molar-refractivity contribution in [3.63, 3.8) is 0 Å². The Morgan fingerprint density at radius 3 is 2.55 bits per heavy atom. The van der Waals surface area contributed by atoms with Crippen LogP contribution in [0.1, 0.15) is 31.3 Å². The van der Waals surface area contributed by atoms with E-state index in [9.17, 15) is 0 Å². The third-order valence-corrected chi connectivity index (χ3v) is 5.99. The third-order valence-electron chi connectivity index (χ3n) is 5.40. The van der Waals surface area contributed by atoms with Crippen LogP contribution in [0.3, 0.4) is 0 Å². The molecule has 2 heterocycles. The summed E-state index contributed by atoms with van der Waals surface area (Å²) in [7, 11) is 1.66. The van der Waals surface area contributed by atoms with Crippen LogP contribution in [0.4, 0.5) is 0 Å². The van der Waals surface area contributed by atoms with Crippen molar-refractivity contribution in [1.82, 2.24) is 20.4 Å². The molecule has 0 saturated carbocycles. The van der Waals surface area contributed by atoms with Crippen LogP contribution in [0.15, 0.2) is 58.8 Å². The highest BCUT2D eigenvalue weighted by atomic mass is 35.5. The van der Waals surface area contributed by atoms with Gasteiger partial charge < -0.3 is 24.2 Å². The van der Waals surface area contributed by atoms with Gasteiger partial charge in [0.2, 0.25) is 5.82 Å². The zero-order valence-corrected chi connectivity index (χ0v) is 20.2. The number of thiocarbonyl (C=S) groups is 1. The van der Waals surface area contributed by atoms with Gasteiger partial charge in [0.25, 0.3) is 5.89 Å². The van der Waals surface area contributed by atoms with Crippen molar-refractivity contribution >= 4 is 34.5 Å². The van der Waals surface area contributed by atoms with Crippen molar-refractivity contribution in [2.24, 2.45) is 0 Å².